The average molecular weight is 364 g/mol. The lowest BCUT2D eigenvalue weighted by molar-refractivity contribution is -0.180. The lowest BCUT2D eigenvalue weighted by Crippen LogP contribution is -2.62. The summed E-state index contributed by atoms with van der Waals surface area (Å²) in [4.78, 5) is 25.7. The van der Waals surface area contributed by atoms with E-state index in [0.717, 1.165) is 38.5 Å². The molecular weight excluding hydrogens is 332 g/mol. The fourth-order valence-electron chi connectivity index (χ4n) is 7.64. The van der Waals surface area contributed by atoms with Gasteiger partial charge in [-0.15, -0.1) is 0 Å². The van der Waals surface area contributed by atoms with Crippen LogP contribution in [0.4, 0.5) is 0 Å². The number of hydrogen-bond acceptors (Lipinski definition) is 5. The van der Waals surface area contributed by atoms with E-state index in [0.29, 0.717) is 12.3 Å². The molecule has 0 saturated heterocycles. The highest BCUT2D eigenvalue weighted by Gasteiger charge is 2.68. The van der Waals surface area contributed by atoms with Gasteiger partial charge in [0, 0.05) is 17.8 Å². The summed E-state index contributed by atoms with van der Waals surface area (Å²) in [6.45, 7) is 3.46. The summed E-state index contributed by atoms with van der Waals surface area (Å²) in [5.74, 6) is 0.380. The number of fused-ring (bicyclic) bond motifs is 5. The number of carbonyl (C=O) groups excluding carboxylic acids is 2. The van der Waals surface area contributed by atoms with Crippen molar-refractivity contribution in [2.45, 2.75) is 76.9 Å². The molecule has 5 heteroatoms. The molecule has 4 aliphatic carbocycles. The smallest absolute Gasteiger partial charge is 0.190 e. The van der Waals surface area contributed by atoms with Crippen molar-refractivity contribution in [2.75, 3.05) is 6.61 Å². The molecule has 4 aliphatic rings. The first-order valence-electron chi connectivity index (χ1n) is 10.2. The van der Waals surface area contributed by atoms with Crippen molar-refractivity contribution in [3.8, 4) is 0 Å². The van der Waals surface area contributed by atoms with E-state index >= 15 is 0 Å². The monoisotopic (exact) mass is 364 g/mol. The van der Waals surface area contributed by atoms with Crippen LogP contribution in [0.1, 0.15) is 65.2 Å². The molecule has 0 aromatic rings. The highest BCUT2D eigenvalue weighted by atomic mass is 16.3. The molecule has 26 heavy (non-hydrogen) atoms. The normalized spacial score (nSPS) is 53.6. The van der Waals surface area contributed by atoms with E-state index in [2.05, 4.69) is 6.92 Å². The van der Waals surface area contributed by atoms with Crippen LogP contribution < -0.4 is 0 Å². The van der Waals surface area contributed by atoms with Crippen molar-refractivity contribution >= 4 is 11.6 Å². The molecule has 0 aromatic heterocycles. The topological polar surface area (TPSA) is 94.8 Å². The predicted octanol–water partition coefficient (Wildman–Crippen LogP) is 1.86. The molecule has 8 atom stereocenters. The van der Waals surface area contributed by atoms with Crippen LogP contribution >= 0.6 is 0 Å². The summed E-state index contributed by atoms with van der Waals surface area (Å²) in [5.41, 5.74) is -2.40. The van der Waals surface area contributed by atoms with Gasteiger partial charge in [0.2, 0.25) is 0 Å². The average Bonchev–Trinajstić information content (AvgIpc) is 2.86. The van der Waals surface area contributed by atoms with Crippen LogP contribution in [0.3, 0.4) is 0 Å². The number of Topliss-reactive ketones (excluding diaryl/α,β-unsaturated/α-hetero) is 2. The highest BCUT2D eigenvalue weighted by Crippen LogP contribution is 2.67. The summed E-state index contributed by atoms with van der Waals surface area (Å²) in [5, 5.41) is 30.6. The highest BCUT2D eigenvalue weighted by molar-refractivity contribution is 5.92. The number of carbonyl (C=O) groups is 2. The third-order valence-electron chi connectivity index (χ3n) is 9.08. The summed E-state index contributed by atoms with van der Waals surface area (Å²) in [6, 6.07) is 0. The maximum absolute atomic E-state index is 13.4. The molecular formula is C21H32O5. The largest absolute Gasteiger partial charge is 0.393 e. The molecule has 0 radical (unpaired) electrons. The second kappa shape index (κ2) is 5.86. The third-order valence-corrected chi connectivity index (χ3v) is 9.08. The van der Waals surface area contributed by atoms with Gasteiger partial charge in [0.15, 0.2) is 5.78 Å². The zero-order valence-electron chi connectivity index (χ0n) is 15.9. The van der Waals surface area contributed by atoms with Gasteiger partial charge < -0.3 is 15.3 Å². The molecule has 0 amide bonds. The van der Waals surface area contributed by atoms with Gasteiger partial charge in [0.1, 0.15) is 18.0 Å². The van der Waals surface area contributed by atoms with E-state index in [-0.39, 0.29) is 41.5 Å². The number of aliphatic hydroxyl groups excluding tert-OH is 2. The quantitative estimate of drug-likeness (QED) is 0.695. The van der Waals surface area contributed by atoms with Crippen LogP contribution in [0.5, 0.6) is 0 Å². The minimum Gasteiger partial charge on any atom is -0.393 e. The van der Waals surface area contributed by atoms with Gasteiger partial charge in [0.05, 0.1) is 6.10 Å². The lowest BCUT2D eigenvalue weighted by atomic mass is 9.44. The predicted molar refractivity (Wildman–Crippen MR) is 95.2 cm³/mol. The van der Waals surface area contributed by atoms with E-state index in [9.17, 15) is 24.9 Å². The summed E-state index contributed by atoms with van der Waals surface area (Å²) in [6.07, 6.45) is 5.47. The number of rotatable bonds is 2. The minimum absolute atomic E-state index is 0.0154. The Balaban J connectivity index is 1.70. The van der Waals surface area contributed by atoms with Gasteiger partial charge in [-0.25, -0.2) is 0 Å². The molecule has 4 rings (SSSR count). The Kier molecular flexibility index (Phi) is 4.18. The number of aliphatic hydroxyl groups is 3. The first-order valence-corrected chi connectivity index (χ1v) is 10.2. The van der Waals surface area contributed by atoms with Crippen molar-refractivity contribution in [3.05, 3.63) is 0 Å². The van der Waals surface area contributed by atoms with Crippen LogP contribution in [0.25, 0.3) is 0 Å². The van der Waals surface area contributed by atoms with Crippen LogP contribution in [-0.4, -0.2) is 45.2 Å². The molecule has 0 unspecified atom stereocenters. The Morgan fingerprint density at radius 3 is 2.58 bits per heavy atom. The maximum atomic E-state index is 13.4. The van der Waals surface area contributed by atoms with E-state index < -0.39 is 23.4 Å². The Labute approximate surface area is 155 Å². The first-order chi connectivity index (χ1) is 12.2. The first kappa shape index (κ1) is 18.6. The van der Waals surface area contributed by atoms with Crippen molar-refractivity contribution in [1.82, 2.24) is 0 Å². The van der Waals surface area contributed by atoms with Crippen molar-refractivity contribution in [2.24, 2.45) is 34.5 Å². The van der Waals surface area contributed by atoms with E-state index in [1.54, 1.807) is 0 Å². The molecule has 146 valence electrons. The van der Waals surface area contributed by atoms with E-state index in [1.165, 1.54) is 0 Å². The van der Waals surface area contributed by atoms with Crippen LogP contribution in [0.2, 0.25) is 0 Å². The third kappa shape index (κ3) is 2.20. The SMILES string of the molecule is C[C@]12CC[C@H](O)C[C@@H]1CC[C@H]1[C@H]2C(=O)C[C@@]2(C)[C@@H]1CC[C@@]2(O)C(=O)CO. The molecule has 3 N–H and O–H groups in total. The second-order valence-corrected chi connectivity index (χ2v) is 10.00. The Bertz CT molecular complexity index is 632. The van der Waals surface area contributed by atoms with Crippen LogP contribution in [0.15, 0.2) is 0 Å². The molecule has 0 aromatic carbocycles. The van der Waals surface area contributed by atoms with Crippen LogP contribution in [0, 0.1) is 34.5 Å². The Hall–Kier alpha value is -0.780. The number of hydrogen-bond donors (Lipinski definition) is 3. The summed E-state index contributed by atoms with van der Waals surface area (Å²) in [7, 11) is 0. The fraction of sp³-hybridized carbons (Fsp3) is 0.905. The Morgan fingerprint density at radius 1 is 1.15 bits per heavy atom. The molecule has 4 saturated carbocycles. The summed E-state index contributed by atoms with van der Waals surface area (Å²) < 4.78 is 0. The molecule has 0 aliphatic heterocycles. The van der Waals surface area contributed by atoms with Gasteiger partial charge in [0.25, 0.3) is 0 Å². The van der Waals surface area contributed by atoms with Crippen molar-refractivity contribution < 1.29 is 24.9 Å². The minimum atomic E-state index is -1.58. The number of ketones is 2. The van der Waals surface area contributed by atoms with E-state index in [4.69, 9.17) is 0 Å². The molecule has 5 nitrogen and oxygen atoms in total. The molecule has 0 spiro atoms. The molecule has 0 heterocycles. The Morgan fingerprint density at radius 2 is 1.88 bits per heavy atom. The van der Waals surface area contributed by atoms with Gasteiger partial charge in [-0.1, -0.05) is 13.8 Å². The lowest BCUT2D eigenvalue weighted by Gasteiger charge is -2.60. The van der Waals surface area contributed by atoms with Crippen molar-refractivity contribution in [1.29, 1.82) is 0 Å². The zero-order chi connectivity index (χ0) is 18.9. The maximum Gasteiger partial charge on any atom is 0.190 e. The van der Waals surface area contributed by atoms with Gasteiger partial charge in [-0.3, -0.25) is 9.59 Å². The standard InChI is InChI=1S/C21H32O5/c1-19-7-5-13(23)9-12(19)3-4-14-15-6-8-21(26,17(25)11-22)20(15,2)10-16(24)18(14)19/h12-15,18,22-23,26H,3-11H2,1-2H3/t12-,13-,14+,15+,18-,19-,20-,21+/m0/s1. The van der Waals surface area contributed by atoms with E-state index in [1.807, 2.05) is 6.92 Å². The van der Waals surface area contributed by atoms with Gasteiger partial charge >= 0.3 is 0 Å². The molecule has 4 fully saturated rings. The van der Waals surface area contributed by atoms with Gasteiger partial charge in [-0.05, 0) is 68.1 Å². The zero-order valence-corrected chi connectivity index (χ0v) is 15.9. The van der Waals surface area contributed by atoms with Crippen LogP contribution in [-0.2, 0) is 9.59 Å². The van der Waals surface area contributed by atoms with Gasteiger partial charge in [-0.2, -0.15) is 0 Å². The van der Waals surface area contributed by atoms with Crippen molar-refractivity contribution in [3.63, 3.8) is 0 Å². The second-order valence-electron chi connectivity index (χ2n) is 10.00. The fourth-order valence-corrected chi connectivity index (χ4v) is 7.64. The molecule has 0 bridgehead atoms. The summed E-state index contributed by atoms with van der Waals surface area (Å²) >= 11 is 0.